The molecule has 0 amide bonds. The topological polar surface area (TPSA) is 73.1 Å². The average Bonchev–Trinajstić information content (AvgIpc) is 3.16. The summed E-state index contributed by atoms with van der Waals surface area (Å²) in [6, 6.07) is 17.1. The van der Waals surface area contributed by atoms with E-state index in [0.717, 1.165) is 11.3 Å². The van der Waals surface area contributed by atoms with Gasteiger partial charge in [0.2, 0.25) is 0 Å². The Labute approximate surface area is 161 Å². The van der Waals surface area contributed by atoms with Crippen LogP contribution in [0.3, 0.4) is 0 Å². The van der Waals surface area contributed by atoms with Crippen molar-refractivity contribution in [2.24, 2.45) is 0 Å². The highest BCUT2D eigenvalue weighted by molar-refractivity contribution is 6.31. The van der Waals surface area contributed by atoms with E-state index in [1.54, 1.807) is 12.1 Å². The molecular weight excluding hydrogens is 364 g/mol. The first kappa shape index (κ1) is 17.3. The molecule has 0 atom stereocenters. The molecule has 2 heterocycles. The number of fused-ring (bicyclic) bond motifs is 1. The van der Waals surface area contributed by atoms with E-state index >= 15 is 0 Å². The second-order valence-corrected chi connectivity index (χ2v) is 6.31. The summed E-state index contributed by atoms with van der Waals surface area (Å²) in [6.07, 6.45) is 0. The van der Waals surface area contributed by atoms with Crippen LogP contribution in [-0.2, 0) is 6.61 Å². The van der Waals surface area contributed by atoms with Crippen molar-refractivity contribution in [3.8, 4) is 17.1 Å². The number of halogens is 1. The fourth-order valence-electron chi connectivity index (χ4n) is 2.66. The van der Waals surface area contributed by atoms with Crippen molar-refractivity contribution in [3.63, 3.8) is 0 Å². The lowest BCUT2D eigenvalue weighted by atomic mass is 10.1. The van der Waals surface area contributed by atoms with E-state index in [0.29, 0.717) is 40.1 Å². The molecule has 4 rings (SSSR count). The molecule has 0 aliphatic rings. The van der Waals surface area contributed by atoms with Gasteiger partial charge in [-0.05, 0) is 25.1 Å². The standard InChI is InChI=1S/C20H17ClN4O2/c1-2-22-19-20(24-16-9-8-14(21)10-18(16)23-19)26-12-15-11-17(25-27-15)13-6-4-3-5-7-13/h3-11H,2,12H2,1H3,(H,22,23). The third kappa shape index (κ3) is 3.85. The van der Waals surface area contributed by atoms with E-state index in [9.17, 15) is 0 Å². The summed E-state index contributed by atoms with van der Waals surface area (Å²) in [5, 5.41) is 7.88. The largest absolute Gasteiger partial charge is 0.467 e. The monoisotopic (exact) mass is 380 g/mol. The SMILES string of the molecule is CCNc1nc2cc(Cl)ccc2nc1OCc1cc(-c2ccccc2)no1. The smallest absolute Gasteiger partial charge is 0.258 e. The number of anilines is 1. The van der Waals surface area contributed by atoms with Gasteiger partial charge in [0.25, 0.3) is 5.88 Å². The fourth-order valence-corrected chi connectivity index (χ4v) is 2.83. The lowest BCUT2D eigenvalue weighted by Crippen LogP contribution is -2.06. The lowest BCUT2D eigenvalue weighted by Gasteiger charge is -2.10. The third-order valence-corrected chi connectivity index (χ3v) is 4.15. The van der Waals surface area contributed by atoms with Gasteiger partial charge in [-0.25, -0.2) is 9.97 Å². The Balaban J connectivity index is 1.57. The van der Waals surface area contributed by atoms with Crippen molar-refractivity contribution in [3.05, 3.63) is 65.4 Å². The summed E-state index contributed by atoms with van der Waals surface area (Å²) in [7, 11) is 0. The first-order chi connectivity index (χ1) is 13.2. The predicted octanol–water partition coefficient (Wildman–Crippen LogP) is 4.95. The molecule has 0 saturated carbocycles. The Bertz CT molecular complexity index is 1070. The van der Waals surface area contributed by atoms with Crippen LogP contribution in [0, 0.1) is 0 Å². The first-order valence-corrected chi connectivity index (χ1v) is 8.95. The molecule has 7 heteroatoms. The van der Waals surface area contributed by atoms with Crippen molar-refractivity contribution in [1.82, 2.24) is 15.1 Å². The second-order valence-electron chi connectivity index (χ2n) is 5.87. The van der Waals surface area contributed by atoms with Crippen LogP contribution in [0.4, 0.5) is 5.82 Å². The Kier molecular flexibility index (Phi) is 4.89. The molecule has 1 N–H and O–H groups in total. The molecule has 0 fully saturated rings. The number of rotatable bonds is 6. The summed E-state index contributed by atoms with van der Waals surface area (Å²) in [4.78, 5) is 9.11. The van der Waals surface area contributed by atoms with Gasteiger partial charge in [-0.2, -0.15) is 0 Å². The van der Waals surface area contributed by atoms with Crippen LogP contribution in [-0.4, -0.2) is 21.7 Å². The molecule has 0 spiro atoms. The second kappa shape index (κ2) is 7.63. The van der Waals surface area contributed by atoms with E-state index in [-0.39, 0.29) is 6.61 Å². The molecule has 0 unspecified atom stereocenters. The molecule has 27 heavy (non-hydrogen) atoms. The summed E-state index contributed by atoms with van der Waals surface area (Å²) < 4.78 is 11.2. The zero-order chi connectivity index (χ0) is 18.6. The number of nitrogens with zero attached hydrogens (tertiary/aromatic N) is 3. The highest BCUT2D eigenvalue weighted by Gasteiger charge is 2.13. The number of hydrogen-bond donors (Lipinski definition) is 1. The summed E-state index contributed by atoms with van der Waals surface area (Å²) in [5.41, 5.74) is 3.17. The zero-order valence-corrected chi connectivity index (χ0v) is 15.4. The fraction of sp³-hybridized carbons (Fsp3) is 0.150. The van der Waals surface area contributed by atoms with Gasteiger partial charge in [-0.3, -0.25) is 0 Å². The highest BCUT2D eigenvalue weighted by Crippen LogP contribution is 2.26. The van der Waals surface area contributed by atoms with Crippen LogP contribution in [0.25, 0.3) is 22.3 Å². The third-order valence-electron chi connectivity index (χ3n) is 3.92. The predicted molar refractivity (Wildman–Crippen MR) is 105 cm³/mol. The number of benzene rings is 2. The van der Waals surface area contributed by atoms with Crippen molar-refractivity contribution >= 4 is 28.5 Å². The van der Waals surface area contributed by atoms with Gasteiger partial charge in [0.05, 0.1) is 11.0 Å². The maximum Gasteiger partial charge on any atom is 0.258 e. The Hall–Kier alpha value is -3.12. The van der Waals surface area contributed by atoms with Crippen LogP contribution < -0.4 is 10.1 Å². The zero-order valence-electron chi connectivity index (χ0n) is 14.6. The summed E-state index contributed by atoms with van der Waals surface area (Å²) >= 11 is 6.04. The van der Waals surface area contributed by atoms with Crippen molar-refractivity contribution in [2.75, 3.05) is 11.9 Å². The normalized spacial score (nSPS) is 10.9. The van der Waals surface area contributed by atoms with Gasteiger partial charge in [-0.15, -0.1) is 0 Å². The minimum absolute atomic E-state index is 0.200. The van der Waals surface area contributed by atoms with E-state index in [4.69, 9.17) is 20.9 Å². The first-order valence-electron chi connectivity index (χ1n) is 8.58. The Morgan fingerprint density at radius 1 is 1.04 bits per heavy atom. The Morgan fingerprint density at radius 3 is 2.70 bits per heavy atom. The molecule has 0 aliphatic carbocycles. The number of ether oxygens (including phenoxy) is 1. The molecule has 0 aliphatic heterocycles. The number of hydrogen-bond acceptors (Lipinski definition) is 6. The highest BCUT2D eigenvalue weighted by atomic mass is 35.5. The molecule has 2 aromatic heterocycles. The Morgan fingerprint density at radius 2 is 1.89 bits per heavy atom. The van der Waals surface area contributed by atoms with Crippen LogP contribution in [0.15, 0.2) is 59.1 Å². The van der Waals surface area contributed by atoms with Crippen molar-refractivity contribution in [2.45, 2.75) is 13.5 Å². The van der Waals surface area contributed by atoms with Crippen molar-refractivity contribution < 1.29 is 9.26 Å². The molecule has 0 saturated heterocycles. The van der Waals surface area contributed by atoms with Gasteiger partial charge >= 0.3 is 0 Å². The van der Waals surface area contributed by atoms with Crippen LogP contribution >= 0.6 is 11.6 Å². The number of aromatic nitrogens is 3. The van der Waals surface area contributed by atoms with Gasteiger partial charge < -0.3 is 14.6 Å². The van der Waals surface area contributed by atoms with Crippen LogP contribution in [0.1, 0.15) is 12.7 Å². The van der Waals surface area contributed by atoms with E-state index in [2.05, 4.69) is 20.4 Å². The lowest BCUT2D eigenvalue weighted by molar-refractivity contribution is 0.243. The molecule has 136 valence electrons. The number of nitrogens with one attached hydrogen (secondary N) is 1. The molecule has 2 aromatic carbocycles. The van der Waals surface area contributed by atoms with Crippen LogP contribution in [0.2, 0.25) is 5.02 Å². The molecule has 0 radical (unpaired) electrons. The van der Waals surface area contributed by atoms with E-state index in [1.807, 2.05) is 49.4 Å². The summed E-state index contributed by atoms with van der Waals surface area (Å²) in [5.74, 6) is 1.58. The maximum absolute atomic E-state index is 6.04. The van der Waals surface area contributed by atoms with Gasteiger partial charge in [-0.1, -0.05) is 47.1 Å². The van der Waals surface area contributed by atoms with Gasteiger partial charge in [0, 0.05) is 23.2 Å². The minimum atomic E-state index is 0.200. The molecule has 6 nitrogen and oxygen atoms in total. The summed E-state index contributed by atoms with van der Waals surface area (Å²) in [6.45, 7) is 2.87. The minimum Gasteiger partial charge on any atom is -0.467 e. The van der Waals surface area contributed by atoms with Gasteiger partial charge in [0.1, 0.15) is 5.69 Å². The molecule has 4 aromatic rings. The van der Waals surface area contributed by atoms with Gasteiger partial charge in [0.15, 0.2) is 18.2 Å². The maximum atomic E-state index is 6.04. The molecular formula is C20H17ClN4O2. The quantitative estimate of drug-likeness (QED) is 0.510. The molecule has 0 bridgehead atoms. The van der Waals surface area contributed by atoms with E-state index < -0.39 is 0 Å². The average molecular weight is 381 g/mol. The van der Waals surface area contributed by atoms with E-state index in [1.165, 1.54) is 0 Å². The van der Waals surface area contributed by atoms with Crippen molar-refractivity contribution in [1.29, 1.82) is 0 Å². The van der Waals surface area contributed by atoms with Crippen LogP contribution in [0.5, 0.6) is 5.88 Å².